The Morgan fingerprint density at radius 2 is 2.31 bits per heavy atom. The number of rotatable bonds is 4. The van der Waals surface area contributed by atoms with Gasteiger partial charge in [0.15, 0.2) is 5.78 Å². The van der Waals surface area contributed by atoms with Crippen molar-refractivity contribution in [2.24, 2.45) is 0 Å². The van der Waals surface area contributed by atoms with Gasteiger partial charge in [-0.1, -0.05) is 6.07 Å². The summed E-state index contributed by atoms with van der Waals surface area (Å²) < 4.78 is 0. The summed E-state index contributed by atoms with van der Waals surface area (Å²) in [6.07, 6.45) is 6.19. The van der Waals surface area contributed by atoms with E-state index in [0.717, 1.165) is 18.5 Å². The zero-order valence-electron chi connectivity index (χ0n) is 9.28. The fourth-order valence-corrected chi connectivity index (χ4v) is 2.38. The van der Waals surface area contributed by atoms with E-state index in [4.69, 9.17) is 0 Å². The van der Waals surface area contributed by atoms with Gasteiger partial charge in [-0.25, -0.2) is 0 Å². The van der Waals surface area contributed by atoms with Crippen LogP contribution in [0.15, 0.2) is 18.3 Å². The molecule has 1 aromatic heterocycles. The topological polar surface area (TPSA) is 42.0 Å². The van der Waals surface area contributed by atoms with Gasteiger partial charge >= 0.3 is 0 Å². The fraction of sp³-hybridized carbons (Fsp3) is 0.538. The van der Waals surface area contributed by atoms with Crippen molar-refractivity contribution in [2.75, 3.05) is 6.54 Å². The quantitative estimate of drug-likeness (QED) is 0.828. The van der Waals surface area contributed by atoms with Crippen LogP contribution in [0.2, 0.25) is 0 Å². The van der Waals surface area contributed by atoms with Crippen molar-refractivity contribution in [3.8, 4) is 0 Å². The lowest BCUT2D eigenvalue weighted by Crippen LogP contribution is -2.28. The normalized spacial score (nSPS) is 23.1. The SMILES string of the molecule is O=C(CNC1CC1)C1CCc2cccnc21. The molecular weight excluding hydrogens is 200 g/mol. The van der Waals surface area contributed by atoms with Gasteiger partial charge in [0.05, 0.1) is 18.2 Å². The summed E-state index contributed by atoms with van der Waals surface area (Å²) in [5.74, 6) is 0.354. The van der Waals surface area contributed by atoms with Gasteiger partial charge < -0.3 is 5.32 Å². The van der Waals surface area contributed by atoms with Crippen LogP contribution in [0.5, 0.6) is 0 Å². The molecule has 0 spiro atoms. The number of hydrogen-bond donors (Lipinski definition) is 1. The first-order chi connectivity index (χ1) is 7.84. The predicted molar refractivity (Wildman–Crippen MR) is 61.3 cm³/mol. The number of carbonyl (C=O) groups is 1. The summed E-state index contributed by atoms with van der Waals surface area (Å²) in [5, 5.41) is 3.29. The second-order valence-electron chi connectivity index (χ2n) is 4.76. The molecule has 1 saturated carbocycles. The van der Waals surface area contributed by atoms with Crippen molar-refractivity contribution in [3.63, 3.8) is 0 Å². The summed E-state index contributed by atoms with van der Waals surface area (Å²) in [5.41, 5.74) is 2.28. The lowest BCUT2D eigenvalue weighted by molar-refractivity contribution is -0.119. The van der Waals surface area contributed by atoms with Crippen molar-refractivity contribution in [2.45, 2.75) is 37.6 Å². The fourth-order valence-electron chi connectivity index (χ4n) is 2.38. The van der Waals surface area contributed by atoms with Crippen molar-refractivity contribution in [3.05, 3.63) is 29.6 Å². The van der Waals surface area contributed by atoms with E-state index in [2.05, 4.69) is 16.4 Å². The molecule has 3 heteroatoms. The Labute approximate surface area is 95.3 Å². The first-order valence-corrected chi connectivity index (χ1v) is 6.04. The van der Waals surface area contributed by atoms with Crippen molar-refractivity contribution < 1.29 is 4.79 Å². The lowest BCUT2D eigenvalue weighted by Gasteiger charge is -2.09. The number of carbonyl (C=O) groups excluding carboxylic acids is 1. The number of aryl methyl sites for hydroxylation is 1. The maximum atomic E-state index is 12.0. The molecule has 2 aliphatic rings. The zero-order chi connectivity index (χ0) is 11.0. The molecule has 1 heterocycles. The molecule has 3 rings (SSSR count). The number of fused-ring (bicyclic) bond motifs is 1. The van der Waals surface area contributed by atoms with Crippen molar-refractivity contribution in [1.29, 1.82) is 0 Å². The van der Waals surface area contributed by atoms with Crippen LogP contribution in [0.4, 0.5) is 0 Å². The highest BCUT2D eigenvalue weighted by molar-refractivity contribution is 5.88. The predicted octanol–water partition coefficient (Wildman–Crippen LogP) is 1.43. The Morgan fingerprint density at radius 3 is 3.12 bits per heavy atom. The minimum absolute atomic E-state index is 0.0439. The molecule has 1 unspecified atom stereocenters. The lowest BCUT2D eigenvalue weighted by atomic mass is 10.0. The van der Waals surface area contributed by atoms with Crippen LogP contribution in [0.1, 0.15) is 36.4 Å². The molecule has 2 aliphatic carbocycles. The second-order valence-corrected chi connectivity index (χ2v) is 4.76. The first kappa shape index (κ1) is 9.97. The summed E-state index contributed by atoms with van der Waals surface area (Å²) >= 11 is 0. The Hall–Kier alpha value is -1.22. The van der Waals surface area contributed by atoms with Crippen LogP contribution in [0.25, 0.3) is 0 Å². The van der Waals surface area contributed by atoms with Gasteiger partial charge in [-0.05, 0) is 37.3 Å². The minimum Gasteiger partial charge on any atom is -0.307 e. The number of ketones is 1. The molecule has 0 amide bonds. The molecule has 1 aromatic rings. The molecular formula is C13H16N2O. The van der Waals surface area contributed by atoms with Gasteiger partial charge in [-0.15, -0.1) is 0 Å². The van der Waals surface area contributed by atoms with Crippen LogP contribution >= 0.6 is 0 Å². The number of hydrogen-bond acceptors (Lipinski definition) is 3. The molecule has 0 bridgehead atoms. The van der Waals surface area contributed by atoms with Crippen LogP contribution in [-0.2, 0) is 11.2 Å². The standard InChI is InChI=1S/C13H16N2O/c16-12(8-15-10-4-5-10)11-6-3-9-2-1-7-14-13(9)11/h1-2,7,10-11,15H,3-6,8H2. The Kier molecular flexibility index (Phi) is 2.48. The van der Waals surface area contributed by atoms with E-state index >= 15 is 0 Å². The average molecular weight is 216 g/mol. The largest absolute Gasteiger partial charge is 0.307 e. The summed E-state index contributed by atoms with van der Waals surface area (Å²) in [6.45, 7) is 0.519. The van der Waals surface area contributed by atoms with Crippen LogP contribution < -0.4 is 5.32 Å². The van der Waals surface area contributed by atoms with E-state index in [-0.39, 0.29) is 5.92 Å². The summed E-state index contributed by atoms with van der Waals surface area (Å²) in [4.78, 5) is 16.4. The molecule has 1 N–H and O–H groups in total. The molecule has 0 aromatic carbocycles. The van der Waals surface area contributed by atoms with E-state index in [1.54, 1.807) is 6.20 Å². The molecule has 1 atom stereocenters. The third-order valence-corrected chi connectivity index (χ3v) is 3.49. The molecule has 3 nitrogen and oxygen atoms in total. The maximum absolute atomic E-state index is 12.0. The number of nitrogens with zero attached hydrogens (tertiary/aromatic N) is 1. The molecule has 16 heavy (non-hydrogen) atoms. The van der Waals surface area contributed by atoms with Crippen molar-refractivity contribution in [1.82, 2.24) is 10.3 Å². The van der Waals surface area contributed by atoms with Gasteiger partial charge in [-0.3, -0.25) is 9.78 Å². The monoisotopic (exact) mass is 216 g/mol. The number of pyridine rings is 1. The third kappa shape index (κ3) is 1.87. The van der Waals surface area contributed by atoms with Crippen LogP contribution in [0.3, 0.4) is 0 Å². The molecule has 0 saturated heterocycles. The van der Waals surface area contributed by atoms with Crippen LogP contribution in [-0.4, -0.2) is 23.4 Å². The summed E-state index contributed by atoms with van der Waals surface area (Å²) in [7, 11) is 0. The summed E-state index contributed by atoms with van der Waals surface area (Å²) in [6, 6.07) is 4.64. The molecule has 0 aliphatic heterocycles. The van der Waals surface area contributed by atoms with Crippen molar-refractivity contribution >= 4 is 5.78 Å². The third-order valence-electron chi connectivity index (χ3n) is 3.49. The van der Waals surface area contributed by atoms with Gasteiger partial charge in [-0.2, -0.15) is 0 Å². The first-order valence-electron chi connectivity index (χ1n) is 6.04. The van der Waals surface area contributed by atoms with E-state index < -0.39 is 0 Å². The Morgan fingerprint density at radius 1 is 1.44 bits per heavy atom. The maximum Gasteiger partial charge on any atom is 0.155 e. The van der Waals surface area contributed by atoms with E-state index in [1.165, 1.54) is 18.4 Å². The minimum atomic E-state index is 0.0439. The highest BCUT2D eigenvalue weighted by Gasteiger charge is 2.30. The van der Waals surface area contributed by atoms with E-state index in [0.29, 0.717) is 18.4 Å². The Balaban J connectivity index is 1.68. The smallest absolute Gasteiger partial charge is 0.155 e. The molecule has 84 valence electrons. The van der Waals surface area contributed by atoms with Crippen LogP contribution in [0, 0.1) is 0 Å². The number of nitrogens with one attached hydrogen (secondary N) is 1. The van der Waals surface area contributed by atoms with E-state index in [9.17, 15) is 4.79 Å². The number of aromatic nitrogens is 1. The van der Waals surface area contributed by atoms with E-state index in [1.807, 2.05) is 6.07 Å². The van der Waals surface area contributed by atoms with Gasteiger partial charge in [0.2, 0.25) is 0 Å². The average Bonchev–Trinajstić information content (AvgIpc) is 3.04. The highest BCUT2D eigenvalue weighted by Crippen LogP contribution is 2.31. The van der Waals surface area contributed by atoms with Gasteiger partial charge in [0, 0.05) is 12.2 Å². The second kappa shape index (κ2) is 3.98. The van der Waals surface area contributed by atoms with Gasteiger partial charge in [0.25, 0.3) is 0 Å². The van der Waals surface area contributed by atoms with Gasteiger partial charge in [0.1, 0.15) is 0 Å². The molecule has 1 fully saturated rings. The zero-order valence-corrected chi connectivity index (χ0v) is 9.28. The molecule has 0 radical (unpaired) electrons. The Bertz CT molecular complexity index is 412. The number of Topliss-reactive ketones (excluding diaryl/α,β-unsaturated/α-hetero) is 1. The highest BCUT2D eigenvalue weighted by atomic mass is 16.1.